The maximum Gasteiger partial charge on any atom is 0.320 e. The van der Waals surface area contributed by atoms with Crippen LogP contribution in [0.15, 0.2) is 18.3 Å². The fourth-order valence-electron chi connectivity index (χ4n) is 1.73. The van der Waals surface area contributed by atoms with Gasteiger partial charge >= 0.3 is 5.97 Å². The molecule has 1 aromatic rings. The zero-order valence-electron chi connectivity index (χ0n) is 11.6. The van der Waals surface area contributed by atoms with Gasteiger partial charge < -0.3 is 4.74 Å². The summed E-state index contributed by atoms with van der Waals surface area (Å²) in [5.41, 5.74) is 2.26. The van der Waals surface area contributed by atoms with Gasteiger partial charge in [-0.15, -0.1) is 0 Å². The van der Waals surface area contributed by atoms with Crippen LogP contribution in [-0.2, 0) is 16.0 Å². The van der Waals surface area contributed by atoms with Crippen molar-refractivity contribution >= 4 is 5.97 Å². The number of carbonyl (C=O) groups is 1. The minimum absolute atomic E-state index is 0.177. The van der Waals surface area contributed by atoms with Gasteiger partial charge in [0.25, 0.3) is 0 Å². The third kappa shape index (κ3) is 4.84. The molecule has 1 heterocycles. The first kappa shape index (κ1) is 14.6. The van der Waals surface area contributed by atoms with Gasteiger partial charge in [0, 0.05) is 24.4 Å². The Kier molecular flexibility index (Phi) is 5.78. The number of ether oxygens (including phenoxy) is 1. The molecule has 0 saturated heterocycles. The minimum atomic E-state index is -0.177. The number of nitrogens with zero attached hydrogens (tertiary/aromatic N) is 2. The van der Waals surface area contributed by atoms with Gasteiger partial charge in [0.1, 0.15) is 0 Å². The predicted molar refractivity (Wildman–Crippen MR) is 71.4 cm³/mol. The minimum Gasteiger partial charge on any atom is -0.465 e. The van der Waals surface area contributed by atoms with Crippen molar-refractivity contribution in [3.63, 3.8) is 0 Å². The van der Waals surface area contributed by atoms with E-state index in [1.165, 1.54) is 5.56 Å². The molecule has 0 N–H and O–H groups in total. The Labute approximate surface area is 109 Å². The van der Waals surface area contributed by atoms with Gasteiger partial charge in [0.2, 0.25) is 0 Å². The molecular weight excluding hydrogens is 228 g/mol. The van der Waals surface area contributed by atoms with Crippen molar-refractivity contribution < 1.29 is 9.53 Å². The number of hydrogen-bond acceptors (Lipinski definition) is 4. The summed E-state index contributed by atoms with van der Waals surface area (Å²) >= 11 is 0. The summed E-state index contributed by atoms with van der Waals surface area (Å²) < 4.78 is 4.94. The van der Waals surface area contributed by atoms with Crippen LogP contribution in [0.2, 0.25) is 0 Å². The first-order valence-corrected chi connectivity index (χ1v) is 6.30. The molecule has 0 saturated carbocycles. The highest BCUT2D eigenvalue weighted by Crippen LogP contribution is 2.07. The third-order valence-electron chi connectivity index (χ3n) is 2.91. The molecule has 0 unspecified atom stereocenters. The lowest BCUT2D eigenvalue weighted by Gasteiger charge is -2.23. The second kappa shape index (κ2) is 7.11. The van der Waals surface area contributed by atoms with Crippen LogP contribution in [0.5, 0.6) is 0 Å². The van der Waals surface area contributed by atoms with Gasteiger partial charge in [0.05, 0.1) is 13.2 Å². The largest absolute Gasteiger partial charge is 0.465 e. The number of aryl methyl sites for hydroxylation is 1. The van der Waals surface area contributed by atoms with Gasteiger partial charge in [-0.2, -0.15) is 0 Å². The zero-order chi connectivity index (χ0) is 13.5. The standard InChI is InChI=1S/C14H22N2O2/c1-5-18-14(17)10-16(4)12(3)9-13-8-11(2)6-7-15-13/h6-8,12H,5,9-10H2,1-4H3/t12-/m0/s1. The molecule has 0 aliphatic rings. The smallest absolute Gasteiger partial charge is 0.320 e. The quantitative estimate of drug-likeness (QED) is 0.722. The van der Waals surface area contributed by atoms with Gasteiger partial charge in [-0.1, -0.05) is 0 Å². The van der Waals surface area contributed by atoms with E-state index in [2.05, 4.69) is 24.9 Å². The van der Waals surface area contributed by atoms with E-state index in [0.29, 0.717) is 13.2 Å². The van der Waals surface area contributed by atoms with E-state index in [4.69, 9.17) is 4.74 Å². The van der Waals surface area contributed by atoms with Gasteiger partial charge in [-0.05, 0) is 45.5 Å². The molecule has 0 radical (unpaired) electrons. The number of aromatic nitrogens is 1. The number of carbonyl (C=O) groups excluding carboxylic acids is 1. The highest BCUT2D eigenvalue weighted by Gasteiger charge is 2.14. The van der Waals surface area contributed by atoms with Crippen LogP contribution in [0, 0.1) is 6.92 Å². The predicted octanol–water partition coefficient (Wildman–Crippen LogP) is 1.82. The lowest BCUT2D eigenvalue weighted by molar-refractivity contribution is -0.144. The topological polar surface area (TPSA) is 42.4 Å². The molecule has 4 nitrogen and oxygen atoms in total. The lowest BCUT2D eigenvalue weighted by Crippen LogP contribution is -2.36. The number of rotatable bonds is 6. The number of pyridine rings is 1. The van der Waals surface area contributed by atoms with E-state index >= 15 is 0 Å². The molecule has 1 aromatic heterocycles. The Morgan fingerprint density at radius 1 is 1.56 bits per heavy atom. The number of esters is 1. The second-order valence-corrected chi connectivity index (χ2v) is 4.60. The molecule has 0 spiro atoms. The fraction of sp³-hybridized carbons (Fsp3) is 0.571. The van der Waals surface area contributed by atoms with E-state index in [0.717, 1.165) is 12.1 Å². The molecule has 4 heteroatoms. The fourth-order valence-corrected chi connectivity index (χ4v) is 1.73. The number of hydrogen-bond donors (Lipinski definition) is 0. The molecule has 0 aliphatic carbocycles. The SMILES string of the molecule is CCOC(=O)CN(C)[C@@H](C)Cc1cc(C)ccn1. The van der Waals surface area contributed by atoms with Crippen LogP contribution >= 0.6 is 0 Å². The molecule has 1 atom stereocenters. The van der Waals surface area contributed by atoms with Crippen LogP contribution in [0.3, 0.4) is 0 Å². The van der Waals surface area contributed by atoms with Crippen LogP contribution < -0.4 is 0 Å². The summed E-state index contributed by atoms with van der Waals surface area (Å²) in [7, 11) is 1.93. The zero-order valence-corrected chi connectivity index (χ0v) is 11.6. The Hall–Kier alpha value is -1.42. The monoisotopic (exact) mass is 250 g/mol. The molecule has 0 fully saturated rings. The third-order valence-corrected chi connectivity index (χ3v) is 2.91. The Bertz CT molecular complexity index is 393. The van der Waals surface area contributed by atoms with Crippen molar-refractivity contribution in [1.29, 1.82) is 0 Å². The summed E-state index contributed by atoms with van der Waals surface area (Å²) in [5.74, 6) is -0.177. The van der Waals surface area contributed by atoms with Crippen LogP contribution in [-0.4, -0.2) is 42.1 Å². The molecule has 0 amide bonds. The second-order valence-electron chi connectivity index (χ2n) is 4.60. The van der Waals surface area contributed by atoms with Crippen molar-refractivity contribution in [2.75, 3.05) is 20.2 Å². The van der Waals surface area contributed by atoms with E-state index < -0.39 is 0 Å². The maximum absolute atomic E-state index is 11.4. The molecule has 1 rings (SSSR count). The van der Waals surface area contributed by atoms with E-state index in [1.807, 2.05) is 31.1 Å². The highest BCUT2D eigenvalue weighted by atomic mass is 16.5. The van der Waals surface area contributed by atoms with Crippen molar-refractivity contribution in [3.8, 4) is 0 Å². The van der Waals surface area contributed by atoms with E-state index in [9.17, 15) is 4.79 Å². The van der Waals surface area contributed by atoms with Gasteiger partial charge in [0.15, 0.2) is 0 Å². The molecule has 18 heavy (non-hydrogen) atoms. The van der Waals surface area contributed by atoms with Crippen molar-refractivity contribution in [1.82, 2.24) is 9.88 Å². The molecule has 0 aliphatic heterocycles. The van der Waals surface area contributed by atoms with E-state index in [1.54, 1.807) is 0 Å². The van der Waals surface area contributed by atoms with Crippen LogP contribution in [0.25, 0.3) is 0 Å². The normalized spacial score (nSPS) is 12.5. The summed E-state index contributed by atoms with van der Waals surface area (Å²) in [6.45, 7) is 6.71. The first-order valence-electron chi connectivity index (χ1n) is 6.30. The Morgan fingerprint density at radius 3 is 2.89 bits per heavy atom. The molecule has 0 aromatic carbocycles. The Balaban J connectivity index is 2.49. The van der Waals surface area contributed by atoms with Gasteiger partial charge in [-0.3, -0.25) is 14.7 Å². The van der Waals surface area contributed by atoms with Gasteiger partial charge in [-0.25, -0.2) is 0 Å². The van der Waals surface area contributed by atoms with Crippen LogP contribution in [0.4, 0.5) is 0 Å². The molecular formula is C14H22N2O2. The summed E-state index contributed by atoms with van der Waals surface area (Å²) in [4.78, 5) is 17.7. The summed E-state index contributed by atoms with van der Waals surface area (Å²) in [5, 5.41) is 0. The maximum atomic E-state index is 11.4. The average Bonchev–Trinajstić information content (AvgIpc) is 2.29. The number of likely N-dealkylation sites (N-methyl/N-ethyl adjacent to an activating group) is 1. The lowest BCUT2D eigenvalue weighted by atomic mass is 10.1. The molecule has 100 valence electrons. The molecule has 0 bridgehead atoms. The summed E-state index contributed by atoms with van der Waals surface area (Å²) in [6, 6.07) is 4.31. The van der Waals surface area contributed by atoms with Crippen molar-refractivity contribution in [3.05, 3.63) is 29.6 Å². The highest BCUT2D eigenvalue weighted by molar-refractivity contribution is 5.71. The van der Waals surface area contributed by atoms with Crippen LogP contribution in [0.1, 0.15) is 25.1 Å². The van der Waals surface area contributed by atoms with Crippen molar-refractivity contribution in [2.24, 2.45) is 0 Å². The van der Waals surface area contributed by atoms with Crippen molar-refractivity contribution in [2.45, 2.75) is 33.2 Å². The average molecular weight is 250 g/mol. The summed E-state index contributed by atoms with van der Waals surface area (Å²) in [6.07, 6.45) is 2.65. The van der Waals surface area contributed by atoms with E-state index in [-0.39, 0.29) is 12.0 Å². The first-order chi connectivity index (χ1) is 8.52. The Morgan fingerprint density at radius 2 is 2.28 bits per heavy atom.